The van der Waals surface area contributed by atoms with Crippen LogP contribution in [-0.4, -0.2) is 63.9 Å². The molecule has 0 bridgehead atoms. The first-order valence-electron chi connectivity index (χ1n) is 9.74. The Balaban J connectivity index is 2.07. The maximum atomic E-state index is 13.5. The molecule has 1 unspecified atom stereocenters. The predicted octanol–water partition coefficient (Wildman–Crippen LogP) is 2.18. The van der Waals surface area contributed by atoms with Gasteiger partial charge in [-0.2, -0.15) is 0 Å². The molecule has 0 spiro atoms. The molecular formula is C20H26ClFN3O5Si. The third kappa shape index (κ3) is 7.39. The van der Waals surface area contributed by atoms with Crippen molar-refractivity contribution in [3.8, 4) is 5.75 Å². The van der Waals surface area contributed by atoms with E-state index in [1.807, 2.05) is 0 Å². The summed E-state index contributed by atoms with van der Waals surface area (Å²) in [6.45, 7) is 4.78. The largest absolute Gasteiger partial charge is 0.484 e. The molecule has 1 aromatic rings. The minimum atomic E-state index is -0.858. The number of nitrogens with one attached hydrogen (secondary N) is 1. The van der Waals surface area contributed by atoms with Crippen molar-refractivity contribution in [1.29, 1.82) is 0 Å². The molecular weight excluding hydrogens is 445 g/mol. The monoisotopic (exact) mass is 470 g/mol. The lowest BCUT2D eigenvalue weighted by atomic mass is 10.1. The summed E-state index contributed by atoms with van der Waals surface area (Å²) in [5, 5.41) is 2.73. The molecule has 1 heterocycles. The average Bonchev–Trinajstić information content (AvgIpc) is 2.81. The standard InChI is InChI=1S/C20H26ClFN3O5Si/c1-20(2,3)30-19(28)25-9-14(16(31)7-6-15(25)18(23)27)24-17(26)10-29-11-4-5-12(21)13(22)8-11/h4-5,8,14-16H,6-7,9-10H2,1-3H3,(H2,23,27)(H,24,26)/t14-,15-,16?/m1/s1. The second-order valence-electron chi connectivity index (χ2n) is 8.27. The van der Waals surface area contributed by atoms with Gasteiger partial charge < -0.3 is 20.5 Å². The Morgan fingerprint density at radius 2 is 2.00 bits per heavy atom. The Kier molecular flexibility index (Phi) is 8.30. The summed E-state index contributed by atoms with van der Waals surface area (Å²) in [7, 11) is 3.57. The van der Waals surface area contributed by atoms with Crippen LogP contribution in [0.15, 0.2) is 18.2 Å². The van der Waals surface area contributed by atoms with Gasteiger partial charge in [-0.15, -0.1) is 0 Å². The number of amides is 3. The lowest BCUT2D eigenvalue weighted by molar-refractivity contribution is -0.124. The zero-order valence-electron chi connectivity index (χ0n) is 17.6. The topological polar surface area (TPSA) is 111 Å². The van der Waals surface area contributed by atoms with E-state index in [0.29, 0.717) is 12.8 Å². The first-order valence-corrected chi connectivity index (χ1v) is 10.7. The molecule has 8 nitrogen and oxygen atoms in total. The summed E-state index contributed by atoms with van der Waals surface area (Å²) < 4.78 is 24.2. The lowest BCUT2D eigenvalue weighted by Gasteiger charge is -2.32. The number of nitrogens with two attached hydrogens (primary N) is 1. The molecule has 11 heteroatoms. The minimum absolute atomic E-state index is 0.0119. The number of halogens is 2. The van der Waals surface area contributed by atoms with Crippen molar-refractivity contribution in [3.63, 3.8) is 0 Å². The van der Waals surface area contributed by atoms with E-state index in [0.717, 1.165) is 6.07 Å². The van der Waals surface area contributed by atoms with E-state index in [-0.39, 0.29) is 29.5 Å². The van der Waals surface area contributed by atoms with Gasteiger partial charge in [-0.25, -0.2) is 9.18 Å². The fourth-order valence-electron chi connectivity index (χ4n) is 3.09. The highest BCUT2D eigenvalue weighted by Gasteiger charge is 2.38. The van der Waals surface area contributed by atoms with Crippen LogP contribution in [0.2, 0.25) is 10.6 Å². The van der Waals surface area contributed by atoms with Crippen LogP contribution >= 0.6 is 11.6 Å². The summed E-state index contributed by atoms with van der Waals surface area (Å²) in [6, 6.07) is 2.46. The fraction of sp³-hybridized carbons (Fsp3) is 0.550. The maximum Gasteiger partial charge on any atom is 0.411 e. The number of hydrogen-bond donors (Lipinski definition) is 2. The summed E-state index contributed by atoms with van der Waals surface area (Å²) in [6.07, 6.45) is 0.109. The molecule has 3 N–H and O–H groups in total. The molecule has 3 atom stereocenters. The average molecular weight is 471 g/mol. The zero-order valence-corrected chi connectivity index (χ0v) is 19.4. The van der Waals surface area contributed by atoms with E-state index in [4.69, 9.17) is 26.8 Å². The molecule has 1 fully saturated rings. The summed E-state index contributed by atoms with van der Waals surface area (Å²) in [5.41, 5.74) is 4.51. The summed E-state index contributed by atoms with van der Waals surface area (Å²) in [4.78, 5) is 38.3. The van der Waals surface area contributed by atoms with Crippen molar-refractivity contribution in [2.45, 2.75) is 56.8 Å². The first-order chi connectivity index (χ1) is 14.4. The number of hydrogen-bond acceptors (Lipinski definition) is 5. The molecule has 3 amide bonds. The first kappa shape index (κ1) is 24.9. The lowest BCUT2D eigenvalue weighted by Crippen LogP contribution is -2.54. The van der Waals surface area contributed by atoms with E-state index in [1.165, 1.54) is 17.0 Å². The van der Waals surface area contributed by atoms with Crippen LogP contribution in [0.4, 0.5) is 9.18 Å². The van der Waals surface area contributed by atoms with Crippen LogP contribution in [0, 0.1) is 5.82 Å². The highest BCUT2D eigenvalue weighted by molar-refractivity contribution is 6.30. The van der Waals surface area contributed by atoms with E-state index in [1.54, 1.807) is 20.8 Å². The number of ether oxygens (including phenoxy) is 2. The molecule has 1 aliphatic heterocycles. The number of likely N-dealkylation sites (tertiary alicyclic amines) is 1. The molecule has 1 saturated heterocycles. The molecule has 1 aromatic carbocycles. The van der Waals surface area contributed by atoms with E-state index in [2.05, 4.69) is 15.6 Å². The van der Waals surface area contributed by atoms with Crippen molar-refractivity contribution >= 4 is 39.8 Å². The number of benzene rings is 1. The molecule has 0 saturated carbocycles. The summed E-state index contributed by atoms with van der Waals surface area (Å²) >= 11 is 5.63. The van der Waals surface area contributed by atoms with Crippen LogP contribution < -0.4 is 15.8 Å². The molecule has 0 aliphatic carbocycles. The van der Waals surface area contributed by atoms with Gasteiger partial charge in [0.2, 0.25) is 5.91 Å². The quantitative estimate of drug-likeness (QED) is 0.641. The number of primary amides is 1. The highest BCUT2D eigenvalue weighted by atomic mass is 35.5. The second kappa shape index (κ2) is 10.3. The molecule has 2 rings (SSSR count). The van der Waals surface area contributed by atoms with Gasteiger partial charge in [-0.3, -0.25) is 14.5 Å². The number of carbonyl (C=O) groups is 3. The van der Waals surface area contributed by atoms with Gasteiger partial charge in [-0.05, 0) is 51.3 Å². The van der Waals surface area contributed by atoms with Gasteiger partial charge >= 0.3 is 6.09 Å². The molecule has 3 radical (unpaired) electrons. The summed E-state index contributed by atoms with van der Waals surface area (Å²) in [5.74, 6) is -1.64. The molecule has 31 heavy (non-hydrogen) atoms. The van der Waals surface area contributed by atoms with E-state index >= 15 is 0 Å². The Morgan fingerprint density at radius 3 is 2.58 bits per heavy atom. The third-order valence-corrected chi connectivity index (χ3v) is 5.57. The number of nitrogens with zero attached hydrogens (tertiary/aromatic N) is 1. The second-order valence-corrected chi connectivity index (χ2v) is 9.42. The van der Waals surface area contributed by atoms with Crippen LogP contribution in [-0.2, 0) is 14.3 Å². The van der Waals surface area contributed by atoms with Crippen molar-refractivity contribution in [1.82, 2.24) is 10.2 Å². The Morgan fingerprint density at radius 1 is 1.32 bits per heavy atom. The van der Waals surface area contributed by atoms with Gasteiger partial charge in [-0.1, -0.05) is 11.6 Å². The van der Waals surface area contributed by atoms with Crippen molar-refractivity contribution < 1.29 is 28.2 Å². The Hall–Kier alpha value is -2.33. The SMILES string of the molecule is CC(C)(C)OC(=O)N1C[C@@H](NC(=O)COc2ccc(Cl)c(F)c2)C([Si])CC[C@@H]1C(N)=O. The number of rotatable bonds is 5. The van der Waals surface area contributed by atoms with Crippen LogP contribution in [0.1, 0.15) is 33.6 Å². The fourth-order valence-corrected chi connectivity index (χ4v) is 3.56. The van der Waals surface area contributed by atoms with Gasteiger partial charge in [0.15, 0.2) is 6.61 Å². The van der Waals surface area contributed by atoms with Gasteiger partial charge in [0, 0.05) is 28.9 Å². The van der Waals surface area contributed by atoms with E-state index in [9.17, 15) is 18.8 Å². The van der Waals surface area contributed by atoms with Gasteiger partial charge in [0.05, 0.1) is 5.02 Å². The Bertz CT molecular complexity index is 836. The predicted molar refractivity (Wildman–Crippen MR) is 113 cm³/mol. The normalized spacial score (nSPS) is 21.7. The van der Waals surface area contributed by atoms with Crippen LogP contribution in [0.5, 0.6) is 5.75 Å². The van der Waals surface area contributed by atoms with Crippen molar-refractivity contribution in [2.24, 2.45) is 5.73 Å². The highest BCUT2D eigenvalue weighted by Crippen LogP contribution is 2.26. The third-order valence-electron chi connectivity index (χ3n) is 4.57. The van der Waals surface area contributed by atoms with Crippen LogP contribution in [0.25, 0.3) is 0 Å². The van der Waals surface area contributed by atoms with Crippen molar-refractivity contribution in [3.05, 3.63) is 29.0 Å². The molecule has 1 aliphatic rings. The van der Waals surface area contributed by atoms with Crippen LogP contribution in [0.3, 0.4) is 0 Å². The van der Waals surface area contributed by atoms with Crippen molar-refractivity contribution in [2.75, 3.05) is 13.2 Å². The maximum absolute atomic E-state index is 13.5. The smallest absolute Gasteiger partial charge is 0.411 e. The molecule has 0 aromatic heterocycles. The number of carbonyl (C=O) groups excluding carboxylic acids is 3. The molecule has 169 valence electrons. The van der Waals surface area contributed by atoms with E-state index < -0.39 is 41.4 Å². The van der Waals surface area contributed by atoms with Gasteiger partial charge in [0.1, 0.15) is 23.2 Å². The zero-order chi connectivity index (χ0) is 23.3. The minimum Gasteiger partial charge on any atom is -0.484 e. The Labute approximate surface area is 189 Å². The van der Waals surface area contributed by atoms with Gasteiger partial charge in [0.25, 0.3) is 5.91 Å².